The average molecular weight is 452 g/mol. The number of nitrogens with zero attached hydrogens (tertiary/aromatic N) is 2. The third kappa shape index (κ3) is 6.32. The number of carbonyl (C=O) groups is 1. The molecule has 7 heteroatoms. The Labute approximate surface area is 189 Å². The third-order valence-electron chi connectivity index (χ3n) is 6.00. The minimum Gasteiger partial charge on any atom is -0.395 e. The summed E-state index contributed by atoms with van der Waals surface area (Å²) in [7, 11) is 1.91. The molecule has 2 aliphatic rings. The van der Waals surface area contributed by atoms with Gasteiger partial charge in [0, 0.05) is 38.6 Å². The molecular formula is C23H31Cl2N3O2. The molecule has 1 aliphatic carbocycles. The van der Waals surface area contributed by atoms with Gasteiger partial charge in [0.2, 0.25) is 5.91 Å². The fourth-order valence-corrected chi connectivity index (χ4v) is 4.58. The first kappa shape index (κ1) is 23.3. The van der Waals surface area contributed by atoms with Crippen LogP contribution in [0.2, 0.25) is 10.0 Å². The van der Waals surface area contributed by atoms with Gasteiger partial charge in [0.25, 0.3) is 0 Å². The van der Waals surface area contributed by atoms with Crippen molar-refractivity contribution in [3.63, 3.8) is 0 Å². The Hall–Kier alpha value is -1.37. The topological polar surface area (TPSA) is 55.8 Å². The van der Waals surface area contributed by atoms with Crippen LogP contribution in [-0.2, 0) is 11.2 Å². The van der Waals surface area contributed by atoms with Crippen LogP contribution in [-0.4, -0.2) is 72.7 Å². The first-order valence-corrected chi connectivity index (χ1v) is 11.3. The summed E-state index contributed by atoms with van der Waals surface area (Å²) in [6, 6.07) is 5.86. The number of amides is 1. The van der Waals surface area contributed by atoms with E-state index in [4.69, 9.17) is 28.3 Å². The Balaban J connectivity index is 1.66. The Bertz CT molecular complexity index is 784. The van der Waals surface area contributed by atoms with Crippen LogP contribution >= 0.6 is 23.2 Å². The molecule has 1 unspecified atom stereocenters. The second-order valence-corrected chi connectivity index (χ2v) is 8.95. The number of aliphatic hydroxyl groups is 1. The van der Waals surface area contributed by atoms with E-state index in [0.29, 0.717) is 35.0 Å². The molecule has 0 aromatic heterocycles. The van der Waals surface area contributed by atoms with Crippen LogP contribution in [0.5, 0.6) is 0 Å². The van der Waals surface area contributed by atoms with E-state index in [2.05, 4.69) is 34.5 Å². The van der Waals surface area contributed by atoms with Gasteiger partial charge in [-0.3, -0.25) is 9.69 Å². The van der Waals surface area contributed by atoms with Crippen LogP contribution in [0.15, 0.2) is 42.5 Å². The van der Waals surface area contributed by atoms with E-state index >= 15 is 0 Å². The van der Waals surface area contributed by atoms with Crippen LogP contribution in [0.25, 0.3) is 0 Å². The van der Waals surface area contributed by atoms with Crippen molar-refractivity contribution in [3.8, 4) is 0 Å². The summed E-state index contributed by atoms with van der Waals surface area (Å²) in [6.07, 6.45) is 10.8. The van der Waals surface area contributed by atoms with E-state index in [1.54, 1.807) is 12.1 Å². The molecule has 0 spiro atoms. The highest BCUT2D eigenvalue weighted by atomic mass is 35.5. The van der Waals surface area contributed by atoms with E-state index in [0.717, 1.165) is 38.0 Å². The number of carbonyl (C=O) groups excluding carboxylic acids is 1. The zero-order valence-corrected chi connectivity index (χ0v) is 18.9. The minimum absolute atomic E-state index is 0.0792. The number of nitrogens with one attached hydrogen (secondary N) is 1. The standard InChI is InChI=1S/C23H31Cl2N3O2/c1-27(23(30)14-17-7-8-20(24)21(25)13-17)22(18-5-3-2-4-6-18)16-28-11-9-19(15-28)26-10-12-29/h2-5,7-8,13,18-19,22,26,29H,6,9-12,14-16H2,1H3/t18?,19-,22+/m0/s1. The number of aliphatic hydroxyl groups excluding tert-OH is 1. The lowest BCUT2D eigenvalue weighted by atomic mass is 9.91. The van der Waals surface area contributed by atoms with Crippen molar-refractivity contribution in [1.29, 1.82) is 0 Å². The van der Waals surface area contributed by atoms with Crippen molar-refractivity contribution in [1.82, 2.24) is 15.1 Å². The van der Waals surface area contributed by atoms with Crippen molar-refractivity contribution in [3.05, 3.63) is 58.1 Å². The summed E-state index contributed by atoms with van der Waals surface area (Å²) in [5.41, 5.74) is 0.869. The first-order valence-electron chi connectivity index (χ1n) is 10.6. The summed E-state index contributed by atoms with van der Waals surface area (Å²) in [6.45, 7) is 3.56. The molecule has 5 nitrogen and oxygen atoms in total. The molecule has 1 amide bonds. The lowest BCUT2D eigenvalue weighted by Crippen LogP contribution is -2.49. The fourth-order valence-electron chi connectivity index (χ4n) is 4.26. The van der Waals surface area contributed by atoms with E-state index < -0.39 is 0 Å². The molecular weight excluding hydrogens is 421 g/mol. The number of halogens is 2. The maximum atomic E-state index is 13.1. The highest BCUT2D eigenvalue weighted by molar-refractivity contribution is 6.42. The SMILES string of the molecule is CN(C(=O)Cc1ccc(Cl)c(Cl)c1)[C@H](CN1CC[C@H](NCCO)C1)C1C=CC=CC1. The maximum absolute atomic E-state index is 13.1. The molecule has 30 heavy (non-hydrogen) atoms. The van der Waals surface area contributed by atoms with E-state index in [-0.39, 0.29) is 18.6 Å². The van der Waals surface area contributed by atoms with E-state index in [9.17, 15) is 4.79 Å². The van der Waals surface area contributed by atoms with Crippen LogP contribution in [0.1, 0.15) is 18.4 Å². The number of hydrogen-bond acceptors (Lipinski definition) is 4. The summed E-state index contributed by atoms with van der Waals surface area (Å²) < 4.78 is 0. The number of rotatable bonds is 9. The second kappa shape index (κ2) is 11.3. The van der Waals surface area contributed by atoms with Gasteiger partial charge in [0.05, 0.1) is 29.1 Å². The Morgan fingerprint density at radius 2 is 2.17 bits per heavy atom. The molecule has 1 aliphatic heterocycles. The average Bonchev–Trinajstić information content (AvgIpc) is 3.20. The molecule has 0 radical (unpaired) electrons. The summed E-state index contributed by atoms with van der Waals surface area (Å²) in [5, 5.41) is 13.4. The molecule has 1 saturated heterocycles. The van der Waals surface area contributed by atoms with Crippen molar-refractivity contribution in [2.75, 3.05) is 39.8 Å². The Morgan fingerprint density at radius 3 is 2.87 bits per heavy atom. The number of likely N-dealkylation sites (tertiary alicyclic amines) is 1. The molecule has 1 aromatic rings. The van der Waals surface area contributed by atoms with Gasteiger partial charge in [-0.05, 0) is 37.1 Å². The van der Waals surface area contributed by atoms with Gasteiger partial charge >= 0.3 is 0 Å². The zero-order valence-electron chi connectivity index (χ0n) is 17.4. The first-order chi connectivity index (χ1) is 14.5. The lowest BCUT2D eigenvalue weighted by Gasteiger charge is -2.36. The van der Waals surface area contributed by atoms with Crippen LogP contribution in [0.3, 0.4) is 0 Å². The van der Waals surface area contributed by atoms with E-state index in [1.165, 1.54) is 0 Å². The molecule has 3 atom stereocenters. The molecule has 1 aromatic carbocycles. The third-order valence-corrected chi connectivity index (χ3v) is 6.74. The quantitative estimate of drug-likeness (QED) is 0.605. The summed E-state index contributed by atoms with van der Waals surface area (Å²) >= 11 is 12.1. The smallest absolute Gasteiger partial charge is 0.227 e. The molecule has 0 saturated carbocycles. The number of allylic oxidation sites excluding steroid dienone is 3. The van der Waals surface area contributed by atoms with Crippen molar-refractivity contribution < 1.29 is 9.90 Å². The van der Waals surface area contributed by atoms with Crippen molar-refractivity contribution in [2.45, 2.75) is 31.3 Å². The normalized spacial score (nSPS) is 22.4. The molecule has 0 bridgehead atoms. The summed E-state index contributed by atoms with van der Waals surface area (Å²) in [4.78, 5) is 17.5. The van der Waals surface area contributed by atoms with Crippen molar-refractivity contribution in [2.24, 2.45) is 5.92 Å². The number of hydrogen-bond donors (Lipinski definition) is 2. The Kier molecular flexibility index (Phi) is 8.78. The molecule has 1 fully saturated rings. The van der Waals surface area contributed by atoms with Crippen LogP contribution < -0.4 is 5.32 Å². The molecule has 3 rings (SSSR count). The van der Waals surface area contributed by atoms with Gasteiger partial charge in [0.15, 0.2) is 0 Å². The highest BCUT2D eigenvalue weighted by Gasteiger charge is 2.31. The zero-order chi connectivity index (χ0) is 21.5. The van der Waals surface area contributed by atoms with Gasteiger partial charge in [-0.2, -0.15) is 0 Å². The lowest BCUT2D eigenvalue weighted by molar-refractivity contribution is -0.132. The second-order valence-electron chi connectivity index (χ2n) is 8.13. The summed E-state index contributed by atoms with van der Waals surface area (Å²) in [5.74, 6) is 0.373. The van der Waals surface area contributed by atoms with Gasteiger partial charge in [-0.1, -0.05) is 53.6 Å². The molecule has 2 N–H and O–H groups in total. The Morgan fingerprint density at radius 1 is 1.33 bits per heavy atom. The monoisotopic (exact) mass is 451 g/mol. The van der Waals surface area contributed by atoms with Crippen LogP contribution in [0.4, 0.5) is 0 Å². The number of benzene rings is 1. The van der Waals surface area contributed by atoms with Crippen molar-refractivity contribution >= 4 is 29.1 Å². The molecule has 164 valence electrons. The largest absolute Gasteiger partial charge is 0.395 e. The minimum atomic E-state index is 0.0792. The predicted octanol–water partition coefficient (Wildman–Crippen LogP) is 3.15. The van der Waals surface area contributed by atoms with Gasteiger partial charge in [-0.25, -0.2) is 0 Å². The maximum Gasteiger partial charge on any atom is 0.227 e. The van der Waals surface area contributed by atoms with Gasteiger partial charge in [-0.15, -0.1) is 0 Å². The van der Waals surface area contributed by atoms with Crippen LogP contribution in [0, 0.1) is 5.92 Å². The number of likely N-dealkylation sites (N-methyl/N-ethyl adjacent to an activating group) is 1. The van der Waals surface area contributed by atoms with Gasteiger partial charge < -0.3 is 15.3 Å². The predicted molar refractivity (Wildman–Crippen MR) is 123 cm³/mol. The molecule has 1 heterocycles. The van der Waals surface area contributed by atoms with E-state index in [1.807, 2.05) is 18.0 Å². The fraction of sp³-hybridized carbons (Fsp3) is 0.522. The van der Waals surface area contributed by atoms with Gasteiger partial charge in [0.1, 0.15) is 0 Å². The highest BCUT2D eigenvalue weighted by Crippen LogP contribution is 2.25.